The van der Waals surface area contributed by atoms with Crippen LogP contribution in [-0.4, -0.2) is 18.5 Å². The number of nitrogens with zero attached hydrogens (tertiary/aromatic N) is 3. The summed E-state index contributed by atoms with van der Waals surface area (Å²) in [6, 6.07) is 16.1. The molecule has 0 saturated heterocycles. The van der Waals surface area contributed by atoms with Crippen molar-refractivity contribution < 1.29 is 13.5 Å². The molecule has 0 saturated carbocycles. The minimum Gasteiger partial charge on any atom is -0.508 e. The summed E-state index contributed by atoms with van der Waals surface area (Å²) in [6.45, 7) is 6.00. The Labute approximate surface area is 170 Å². The number of rotatable bonds is 5. The lowest BCUT2D eigenvalue weighted by molar-refractivity contribution is 0.447. The van der Waals surface area contributed by atoms with Crippen LogP contribution < -0.4 is 4.72 Å². The number of nitrogens with one attached hydrogen (secondary N) is 1. The van der Waals surface area contributed by atoms with E-state index in [0.717, 1.165) is 5.56 Å². The Kier molecular flexibility index (Phi) is 5.65. The minimum atomic E-state index is -3.74. The molecule has 0 aliphatic heterocycles. The van der Waals surface area contributed by atoms with Crippen molar-refractivity contribution in [2.24, 2.45) is 10.2 Å². The van der Waals surface area contributed by atoms with E-state index in [0.29, 0.717) is 11.4 Å². The van der Waals surface area contributed by atoms with Crippen molar-refractivity contribution in [2.45, 2.75) is 31.1 Å². The third-order valence-corrected chi connectivity index (χ3v) is 5.49. The Hall–Kier alpha value is -3.26. The topological polar surface area (TPSA) is 104 Å². The molecule has 0 spiro atoms. The fourth-order valence-corrected chi connectivity index (χ4v) is 3.62. The fourth-order valence-electron chi connectivity index (χ4n) is 2.61. The Bertz CT molecular complexity index is 1120. The van der Waals surface area contributed by atoms with Crippen molar-refractivity contribution in [3.63, 3.8) is 0 Å². The molecule has 7 nitrogen and oxygen atoms in total. The normalized spacial score (nSPS) is 12.2. The predicted molar refractivity (Wildman–Crippen MR) is 112 cm³/mol. The Balaban J connectivity index is 1.77. The average Bonchev–Trinajstić information content (AvgIpc) is 2.67. The SMILES string of the molecule is CC(C)(C)c1cc(N=Nc2ccc(S(=O)(=O)Nc3ccccn3)cc2)ccc1O. The highest BCUT2D eigenvalue weighted by atomic mass is 32.2. The Morgan fingerprint density at radius 1 is 0.931 bits per heavy atom. The van der Waals surface area contributed by atoms with Gasteiger partial charge in [0.1, 0.15) is 11.6 Å². The van der Waals surface area contributed by atoms with Crippen LogP contribution in [0.25, 0.3) is 0 Å². The monoisotopic (exact) mass is 410 g/mol. The maximum absolute atomic E-state index is 12.4. The molecule has 0 unspecified atom stereocenters. The van der Waals surface area contributed by atoms with Crippen LogP contribution >= 0.6 is 0 Å². The molecule has 2 aromatic carbocycles. The predicted octanol–water partition coefficient (Wildman–Crippen LogP) is 5.30. The summed E-state index contributed by atoms with van der Waals surface area (Å²) in [5.74, 6) is 0.463. The van der Waals surface area contributed by atoms with Crippen LogP contribution in [0.2, 0.25) is 0 Å². The van der Waals surface area contributed by atoms with E-state index in [-0.39, 0.29) is 21.9 Å². The van der Waals surface area contributed by atoms with Gasteiger partial charge in [0.2, 0.25) is 0 Å². The van der Waals surface area contributed by atoms with Crippen LogP contribution in [0.5, 0.6) is 5.75 Å². The van der Waals surface area contributed by atoms with Crippen molar-refractivity contribution in [1.82, 2.24) is 4.98 Å². The molecule has 150 valence electrons. The maximum atomic E-state index is 12.4. The van der Waals surface area contributed by atoms with Crippen molar-refractivity contribution in [3.8, 4) is 5.75 Å². The Morgan fingerprint density at radius 3 is 2.21 bits per heavy atom. The zero-order chi connectivity index (χ0) is 21.1. The number of azo groups is 1. The van der Waals surface area contributed by atoms with Crippen LogP contribution in [0.1, 0.15) is 26.3 Å². The van der Waals surface area contributed by atoms with Gasteiger partial charge >= 0.3 is 0 Å². The highest BCUT2D eigenvalue weighted by Crippen LogP contribution is 2.34. The molecule has 8 heteroatoms. The van der Waals surface area contributed by atoms with Gasteiger partial charge in [-0.2, -0.15) is 10.2 Å². The molecule has 29 heavy (non-hydrogen) atoms. The zero-order valence-electron chi connectivity index (χ0n) is 16.4. The lowest BCUT2D eigenvalue weighted by Crippen LogP contribution is -2.13. The first-order chi connectivity index (χ1) is 13.6. The van der Waals surface area contributed by atoms with E-state index in [1.807, 2.05) is 20.8 Å². The first kappa shape index (κ1) is 20.5. The number of pyridine rings is 1. The third-order valence-electron chi connectivity index (χ3n) is 4.12. The number of anilines is 1. The van der Waals surface area contributed by atoms with E-state index in [4.69, 9.17) is 0 Å². The fraction of sp³-hybridized carbons (Fsp3) is 0.190. The average molecular weight is 410 g/mol. The lowest BCUT2D eigenvalue weighted by Gasteiger charge is -2.20. The number of hydrogen-bond donors (Lipinski definition) is 2. The number of aromatic hydroxyl groups is 1. The Morgan fingerprint density at radius 2 is 1.59 bits per heavy atom. The number of phenols is 1. The summed E-state index contributed by atoms with van der Waals surface area (Å²) in [4.78, 5) is 4.06. The molecule has 0 bridgehead atoms. The molecule has 2 N–H and O–H groups in total. The van der Waals surface area contributed by atoms with Crippen LogP contribution in [0.4, 0.5) is 17.2 Å². The molecule has 0 aliphatic rings. The van der Waals surface area contributed by atoms with Gasteiger partial charge in [0.25, 0.3) is 10.0 Å². The van der Waals surface area contributed by atoms with Crippen molar-refractivity contribution in [3.05, 3.63) is 72.4 Å². The van der Waals surface area contributed by atoms with Gasteiger partial charge in [0.15, 0.2) is 0 Å². The molecule has 0 aliphatic carbocycles. The van der Waals surface area contributed by atoms with Gasteiger partial charge in [-0.15, -0.1) is 0 Å². The summed E-state index contributed by atoms with van der Waals surface area (Å²) in [6.07, 6.45) is 1.51. The van der Waals surface area contributed by atoms with Crippen molar-refractivity contribution in [2.75, 3.05) is 4.72 Å². The smallest absolute Gasteiger partial charge is 0.263 e. The van der Waals surface area contributed by atoms with Gasteiger partial charge in [-0.05, 0) is 60.0 Å². The molecule has 0 fully saturated rings. The van der Waals surface area contributed by atoms with E-state index < -0.39 is 10.0 Å². The molecule has 3 aromatic rings. The lowest BCUT2D eigenvalue weighted by atomic mass is 9.86. The van der Waals surface area contributed by atoms with Crippen molar-refractivity contribution >= 4 is 27.2 Å². The number of hydrogen-bond acceptors (Lipinski definition) is 6. The first-order valence-electron chi connectivity index (χ1n) is 8.94. The molecule has 1 heterocycles. The standard InChI is InChI=1S/C21H22N4O3S/c1-21(2,3)18-14-16(9-12-19(18)26)24-23-15-7-10-17(11-8-15)29(27,28)25-20-6-4-5-13-22-20/h4-14,26H,1-3H3,(H,22,25). The van der Waals surface area contributed by atoms with Crippen LogP contribution in [0, 0.1) is 0 Å². The molecule has 1 aromatic heterocycles. The van der Waals surface area contributed by atoms with Gasteiger partial charge in [-0.1, -0.05) is 26.8 Å². The number of benzene rings is 2. The van der Waals surface area contributed by atoms with Gasteiger partial charge in [0, 0.05) is 11.8 Å². The van der Waals surface area contributed by atoms with E-state index in [1.54, 1.807) is 48.5 Å². The van der Waals surface area contributed by atoms with Gasteiger partial charge in [0.05, 0.1) is 16.3 Å². The van der Waals surface area contributed by atoms with E-state index in [2.05, 4.69) is 19.9 Å². The largest absolute Gasteiger partial charge is 0.508 e. The molecular formula is C21H22N4O3S. The van der Waals surface area contributed by atoms with Crippen LogP contribution in [0.15, 0.2) is 82.0 Å². The second-order valence-corrected chi connectivity index (χ2v) is 9.15. The van der Waals surface area contributed by atoms with Crippen LogP contribution in [-0.2, 0) is 15.4 Å². The van der Waals surface area contributed by atoms with Gasteiger partial charge < -0.3 is 5.11 Å². The summed E-state index contributed by atoms with van der Waals surface area (Å²) in [5, 5.41) is 18.4. The summed E-state index contributed by atoms with van der Waals surface area (Å²) < 4.78 is 27.3. The van der Waals surface area contributed by atoms with Gasteiger partial charge in [-0.25, -0.2) is 13.4 Å². The summed E-state index contributed by atoms with van der Waals surface area (Å²) in [7, 11) is -3.74. The highest BCUT2D eigenvalue weighted by molar-refractivity contribution is 7.92. The molecule has 0 amide bonds. The van der Waals surface area contributed by atoms with Crippen molar-refractivity contribution in [1.29, 1.82) is 0 Å². The quantitative estimate of drug-likeness (QED) is 0.557. The molecule has 0 atom stereocenters. The second kappa shape index (κ2) is 8.00. The van der Waals surface area contributed by atoms with Crippen LogP contribution in [0.3, 0.4) is 0 Å². The molecule has 0 radical (unpaired) electrons. The number of sulfonamides is 1. The first-order valence-corrected chi connectivity index (χ1v) is 10.4. The number of phenolic OH excluding ortho intramolecular Hbond substituents is 1. The summed E-state index contributed by atoms with van der Waals surface area (Å²) in [5.41, 5.74) is 1.65. The summed E-state index contributed by atoms with van der Waals surface area (Å²) >= 11 is 0. The van der Waals surface area contributed by atoms with E-state index in [9.17, 15) is 13.5 Å². The highest BCUT2D eigenvalue weighted by Gasteiger charge is 2.18. The van der Waals surface area contributed by atoms with E-state index >= 15 is 0 Å². The third kappa shape index (κ3) is 5.17. The molecule has 3 rings (SSSR count). The van der Waals surface area contributed by atoms with Gasteiger partial charge in [-0.3, -0.25) is 4.72 Å². The maximum Gasteiger partial charge on any atom is 0.263 e. The molecular weight excluding hydrogens is 388 g/mol. The number of aromatic nitrogens is 1. The minimum absolute atomic E-state index is 0.0988. The van der Waals surface area contributed by atoms with E-state index in [1.165, 1.54) is 18.3 Å². The zero-order valence-corrected chi connectivity index (χ0v) is 17.2. The second-order valence-electron chi connectivity index (χ2n) is 7.47.